The molecule has 1 saturated heterocycles. The van der Waals surface area contributed by atoms with Crippen LogP contribution in [0.25, 0.3) is 5.65 Å². The number of aryl methyl sites for hydroxylation is 1. The zero-order valence-electron chi connectivity index (χ0n) is 15.0. The van der Waals surface area contributed by atoms with Gasteiger partial charge in [-0.3, -0.25) is 19.7 Å². The number of H-pyrrole nitrogens is 1. The molecule has 0 aromatic carbocycles. The molecule has 1 amide bonds. The molecule has 27 heavy (non-hydrogen) atoms. The van der Waals surface area contributed by atoms with E-state index in [1.54, 1.807) is 12.3 Å². The Hall–Kier alpha value is -3.03. The van der Waals surface area contributed by atoms with Gasteiger partial charge >= 0.3 is 5.56 Å². The van der Waals surface area contributed by atoms with Gasteiger partial charge in [-0.2, -0.15) is 8.91 Å². The van der Waals surface area contributed by atoms with Crippen molar-refractivity contribution in [3.05, 3.63) is 63.7 Å². The normalized spacial score (nSPS) is 17.4. The highest BCUT2D eigenvalue weighted by atomic mass is 19.1. The third-order valence-electron chi connectivity index (χ3n) is 4.99. The molecule has 0 radical (unpaired) electrons. The van der Waals surface area contributed by atoms with E-state index in [1.807, 2.05) is 23.1 Å². The van der Waals surface area contributed by atoms with Gasteiger partial charge in [0.1, 0.15) is 0 Å². The largest absolute Gasteiger partial charge is 0.334 e. The van der Waals surface area contributed by atoms with E-state index in [-0.39, 0.29) is 24.1 Å². The van der Waals surface area contributed by atoms with E-state index in [9.17, 15) is 14.0 Å². The molecule has 0 spiro atoms. The van der Waals surface area contributed by atoms with Gasteiger partial charge in [-0.1, -0.05) is 6.07 Å². The highest BCUT2D eigenvalue weighted by molar-refractivity contribution is 5.79. The van der Waals surface area contributed by atoms with E-state index in [4.69, 9.17) is 0 Å². The van der Waals surface area contributed by atoms with E-state index in [0.717, 1.165) is 29.5 Å². The van der Waals surface area contributed by atoms with Crippen LogP contribution in [0.3, 0.4) is 0 Å². The average Bonchev–Trinajstić information content (AvgIpc) is 3.11. The molecular weight excluding hydrogens is 349 g/mol. The molecule has 1 fully saturated rings. The van der Waals surface area contributed by atoms with Crippen LogP contribution in [0.4, 0.5) is 4.39 Å². The molecule has 1 aliphatic heterocycles. The van der Waals surface area contributed by atoms with Crippen molar-refractivity contribution < 1.29 is 9.18 Å². The number of halogens is 1. The van der Waals surface area contributed by atoms with Crippen LogP contribution in [0, 0.1) is 12.7 Å². The number of fused-ring (bicyclic) bond motifs is 1. The van der Waals surface area contributed by atoms with E-state index in [2.05, 4.69) is 15.1 Å². The third kappa shape index (κ3) is 3.22. The second kappa shape index (κ2) is 6.94. The first-order chi connectivity index (χ1) is 13.0. The Kier molecular flexibility index (Phi) is 4.47. The van der Waals surface area contributed by atoms with Gasteiger partial charge in [-0.05, 0) is 38.3 Å². The lowest BCUT2D eigenvalue weighted by Crippen LogP contribution is -2.39. The Labute approximate surface area is 154 Å². The summed E-state index contributed by atoms with van der Waals surface area (Å²) in [6.07, 6.45) is 4.57. The van der Waals surface area contributed by atoms with Crippen molar-refractivity contribution in [3.63, 3.8) is 0 Å². The first-order valence-corrected chi connectivity index (χ1v) is 9.02. The van der Waals surface area contributed by atoms with Crippen molar-refractivity contribution in [3.8, 4) is 0 Å². The SMILES string of the molecule is Cc1nc2cc([C@@H]3CCCCN3C(=O)Cc3ccccn3)[nH]n2c(=O)c1F. The standard InChI is InChI=1S/C19H20FN5O2/c1-12-18(20)19(27)25-16(22-12)11-14(23-25)15-7-3-5-9-24(15)17(26)10-13-6-2-4-8-21-13/h2,4,6,8,11,15,23H,3,5,7,9-10H2,1H3/t15-/m0/s1. The number of aromatic nitrogens is 4. The quantitative estimate of drug-likeness (QED) is 0.767. The molecule has 3 aromatic rings. The molecule has 140 valence electrons. The smallest absolute Gasteiger partial charge is 0.308 e. The minimum absolute atomic E-state index is 0.0141. The predicted octanol–water partition coefficient (Wildman–Crippen LogP) is 2.16. The van der Waals surface area contributed by atoms with Crippen LogP contribution in [0.5, 0.6) is 0 Å². The van der Waals surface area contributed by atoms with Crippen molar-refractivity contribution in [2.45, 2.75) is 38.6 Å². The molecule has 1 aliphatic rings. The second-order valence-corrected chi connectivity index (χ2v) is 6.82. The minimum Gasteiger partial charge on any atom is -0.334 e. The fourth-order valence-electron chi connectivity index (χ4n) is 3.62. The van der Waals surface area contributed by atoms with Crippen LogP contribution < -0.4 is 5.56 Å². The molecule has 0 bridgehead atoms. The summed E-state index contributed by atoms with van der Waals surface area (Å²) in [5.74, 6) is -0.882. The van der Waals surface area contributed by atoms with Crippen molar-refractivity contribution in [2.24, 2.45) is 0 Å². The van der Waals surface area contributed by atoms with Gasteiger partial charge in [0.05, 0.1) is 23.9 Å². The zero-order valence-corrected chi connectivity index (χ0v) is 15.0. The summed E-state index contributed by atoms with van der Waals surface area (Å²) < 4.78 is 15.0. The molecule has 4 heterocycles. The number of carbonyl (C=O) groups excluding carboxylic acids is 1. The Morgan fingerprint density at radius 3 is 3.00 bits per heavy atom. The molecule has 4 rings (SSSR count). The topological polar surface area (TPSA) is 83.4 Å². The van der Waals surface area contributed by atoms with E-state index < -0.39 is 11.4 Å². The Balaban J connectivity index is 1.66. The monoisotopic (exact) mass is 369 g/mol. The number of rotatable bonds is 3. The molecule has 0 saturated carbocycles. The fraction of sp³-hybridized carbons (Fsp3) is 0.368. The van der Waals surface area contributed by atoms with E-state index >= 15 is 0 Å². The number of piperidine rings is 1. The lowest BCUT2D eigenvalue weighted by Gasteiger charge is -2.35. The van der Waals surface area contributed by atoms with Crippen LogP contribution in [0.1, 0.15) is 42.4 Å². The van der Waals surface area contributed by atoms with Gasteiger partial charge in [0.25, 0.3) is 0 Å². The van der Waals surface area contributed by atoms with Crippen LogP contribution in [-0.2, 0) is 11.2 Å². The van der Waals surface area contributed by atoms with Gasteiger partial charge < -0.3 is 4.90 Å². The summed E-state index contributed by atoms with van der Waals surface area (Å²) in [7, 11) is 0. The molecule has 0 unspecified atom stereocenters. The number of hydrogen-bond donors (Lipinski definition) is 1. The maximum atomic E-state index is 13.9. The number of likely N-dealkylation sites (tertiary alicyclic amines) is 1. The highest BCUT2D eigenvalue weighted by Crippen LogP contribution is 2.31. The van der Waals surface area contributed by atoms with Gasteiger partial charge in [-0.15, -0.1) is 0 Å². The summed E-state index contributed by atoms with van der Waals surface area (Å²) in [5, 5.41) is 2.94. The predicted molar refractivity (Wildman–Crippen MR) is 96.8 cm³/mol. The summed E-state index contributed by atoms with van der Waals surface area (Å²) in [5.41, 5.74) is 1.08. The minimum atomic E-state index is -0.868. The molecule has 8 heteroatoms. The molecule has 1 atom stereocenters. The number of nitrogens with zero attached hydrogens (tertiary/aromatic N) is 4. The average molecular weight is 369 g/mol. The number of aromatic amines is 1. The molecular formula is C19H20FN5O2. The molecule has 7 nitrogen and oxygen atoms in total. The van der Waals surface area contributed by atoms with Crippen molar-refractivity contribution in [1.29, 1.82) is 0 Å². The van der Waals surface area contributed by atoms with E-state index in [0.29, 0.717) is 17.9 Å². The zero-order chi connectivity index (χ0) is 19.0. The number of amides is 1. The summed E-state index contributed by atoms with van der Waals surface area (Å²) in [4.78, 5) is 35.2. The fourth-order valence-corrected chi connectivity index (χ4v) is 3.62. The second-order valence-electron chi connectivity index (χ2n) is 6.82. The first kappa shape index (κ1) is 17.4. The highest BCUT2D eigenvalue weighted by Gasteiger charge is 2.30. The van der Waals surface area contributed by atoms with Crippen molar-refractivity contribution in [2.75, 3.05) is 6.54 Å². The number of pyridine rings is 1. The Morgan fingerprint density at radius 2 is 2.22 bits per heavy atom. The maximum Gasteiger partial charge on any atom is 0.308 e. The molecule has 1 N–H and O–H groups in total. The first-order valence-electron chi connectivity index (χ1n) is 9.02. The Bertz CT molecular complexity index is 1040. The van der Waals surface area contributed by atoms with Gasteiger partial charge in [-0.25, -0.2) is 4.98 Å². The lowest BCUT2D eigenvalue weighted by atomic mass is 9.98. The summed E-state index contributed by atoms with van der Waals surface area (Å²) >= 11 is 0. The lowest BCUT2D eigenvalue weighted by molar-refractivity contribution is -0.134. The number of nitrogens with one attached hydrogen (secondary N) is 1. The Morgan fingerprint density at radius 1 is 1.37 bits per heavy atom. The van der Waals surface area contributed by atoms with Gasteiger partial charge in [0.2, 0.25) is 11.7 Å². The van der Waals surface area contributed by atoms with Crippen LogP contribution in [-0.4, -0.2) is 36.9 Å². The van der Waals surface area contributed by atoms with Gasteiger partial charge in [0, 0.05) is 24.5 Å². The summed E-state index contributed by atoms with van der Waals surface area (Å²) in [6, 6.07) is 7.03. The van der Waals surface area contributed by atoms with Gasteiger partial charge in [0.15, 0.2) is 5.65 Å². The van der Waals surface area contributed by atoms with E-state index in [1.165, 1.54) is 6.92 Å². The number of hydrogen-bond acceptors (Lipinski definition) is 4. The third-order valence-corrected chi connectivity index (χ3v) is 4.99. The molecule has 0 aliphatic carbocycles. The van der Waals surface area contributed by atoms with Crippen molar-refractivity contribution >= 4 is 11.6 Å². The van der Waals surface area contributed by atoms with Crippen LogP contribution in [0.2, 0.25) is 0 Å². The van der Waals surface area contributed by atoms with Crippen LogP contribution in [0.15, 0.2) is 35.3 Å². The van der Waals surface area contributed by atoms with Crippen molar-refractivity contribution in [1.82, 2.24) is 24.5 Å². The molecule has 3 aromatic heterocycles. The number of carbonyl (C=O) groups is 1. The van der Waals surface area contributed by atoms with Crippen LogP contribution >= 0.6 is 0 Å². The summed E-state index contributed by atoms with van der Waals surface area (Å²) in [6.45, 7) is 2.11. The maximum absolute atomic E-state index is 13.9.